The zero-order valence-corrected chi connectivity index (χ0v) is 14.6. The van der Waals surface area contributed by atoms with Crippen LogP contribution in [0.3, 0.4) is 0 Å². The van der Waals surface area contributed by atoms with Crippen molar-refractivity contribution in [2.45, 2.75) is 6.54 Å². The first kappa shape index (κ1) is 15.8. The lowest BCUT2D eigenvalue weighted by Gasteiger charge is -2.26. The van der Waals surface area contributed by atoms with E-state index < -0.39 is 0 Å². The number of anilines is 2. The molecule has 0 amide bonds. The molecule has 5 nitrogen and oxygen atoms in total. The van der Waals surface area contributed by atoms with E-state index in [2.05, 4.69) is 26.3 Å². The summed E-state index contributed by atoms with van der Waals surface area (Å²) in [5.74, 6) is 0.727. The number of aromatic nitrogens is 2. The van der Waals surface area contributed by atoms with Crippen LogP contribution in [-0.2, 0) is 11.3 Å². The molecular weight excluding hydrogens is 344 g/mol. The Morgan fingerprint density at radius 3 is 2.83 bits per heavy atom. The van der Waals surface area contributed by atoms with Crippen molar-refractivity contribution in [3.8, 4) is 0 Å². The minimum atomic E-state index is 0.490. The Morgan fingerprint density at radius 2 is 2.00 bits per heavy atom. The Balaban J connectivity index is 1.53. The van der Waals surface area contributed by atoms with Gasteiger partial charge in [0.2, 0.25) is 0 Å². The highest BCUT2D eigenvalue weighted by Crippen LogP contribution is 2.28. The van der Waals surface area contributed by atoms with Crippen LogP contribution in [0.5, 0.6) is 0 Å². The highest BCUT2D eigenvalue weighted by atomic mass is 35.5. The first-order chi connectivity index (χ1) is 11.8. The van der Waals surface area contributed by atoms with Crippen LogP contribution in [0.2, 0.25) is 5.15 Å². The number of fused-ring (bicyclic) bond motifs is 1. The van der Waals surface area contributed by atoms with Gasteiger partial charge in [-0.1, -0.05) is 35.1 Å². The second kappa shape index (κ2) is 7.03. The molecular formula is C17H17ClN4OS. The number of hydrogen-bond donors (Lipinski definition) is 1. The minimum absolute atomic E-state index is 0.490. The summed E-state index contributed by atoms with van der Waals surface area (Å²) in [7, 11) is 0. The molecule has 1 N–H and O–H groups in total. The second-order valence-electron chi connectivity index (χ2n) is 5.68. The van der Waals surface area contributed by atoms with E-state index in [9.17, 15) is 0 Å². The number of morpholine rings is 1. The smallest absolute Gasteiger partial charge is 0.189 e. The third-order valence-electron chi connectivity index (χ3n) is 3.89. The van der Waals surface area contributed by atoms with Crippen molar-refractivity contribution in [3.63, 3.8) is 0 Å². The first-order valence-electron chi connectivity index (χ1n) is 7.85. The fourth-order valence-corrected chi connectivity index (χ4v) is 3.86. The maximum absolute atomic E-state index is 6.20. The van der Waals surface area contributed by atoms with Crippen LogP contribution in [0.1, 0.15) is 5.56 Å². The summed E-state index contributed by atoms with van der Waals surface area (Å²) in [5.41, 5.74) is 2.13. The predicted octanol–water partition coefficient (Wildman–Crippen LogP) is 3.92. The van der Waals surface area contributed by atoms with Gasteiger partial charge >= 0.3 is 0 Å². The lowest BCUT2D eigenvalue weighted by molar-refractivity contribution is 0.0342. The predicted molar refractivity (Wildman–Crippen MR) is 98.2 cm³/mol. The Kier molecular flexibility index (Phi) is 4.62. The van der Waals surface area contributed by atoms with Crippen molar-refractivity contribution in [2.75, 3.05) is 31.6 Å². The van der Waals surface area contributed by atoms with Crippen LogP contribution in [-0.4, -0.2) is 41.2 Å². The number of thiazole rings is 1. The van der Waals surface area contributed by atoms with Gasteiger partial charge in [0, 0.05) is 19.6 Å². The summed E-state index contributed by atoms with van der Waals surface area (Å²) in [6, 6.07) is 12.0. The van der Waals surface area contributed by atoms with Gasteiger partial charge in [0.25, 0.3) is 0 Å². The number of hydrogen-bond acceptors (Lipinski definition) is 6. The van der Waals surface area contributed by atoms with E-state index in [1.54, 1.807) is 11.3 Å². The third-order valence-corrected chi connectivity index (χ3v) is 5.04. The van der Waals surface area contributed by atoms with Gasteiger partial charge in [-0.2, -0.15) is 0 Å². The molecule has 0 radical (unpaired) electrons. The molecule has 0 spiro atoms. The molecule has 0 aliphatic carbocycles. The maximum atomic E-state index is 6.20. The van der Waals surface area contributed by atoms with E-state index in [-0.39, 0.29) is 0 Å². The lowest BCUT2D eigenvalue weighted by atomic mass is 10.2. The molecule has 1 saturated heterocycles. The SMILES string of the molecule is Clc1cc(CN2CCOCC2)cc(Nc2nc3ccccc3s2)n1. The summed E-state index contributed by atoms with van der Waals surface area (Å²) in [5, 5.41) is 4.59. The van der Waals surface area contributed by atoms with Crippen LogP contribution >= 0.6 is 22.9 Å². The molecule has 1 aliphatic rings. The fourth-order valence-electron chi connectivity index (χ4n) is 2.76. The van der Waals surface area contributed by atoms with Crippen molar-refractivity contribution in [3.05, 3.63) is 47.1 Å². The molecule has 0 atom stereocenters. The highest BCUT2D eigenvalue weighted by molar-refractivity contribution is 7.22. The molecule has 7 heteroatoms. The molecule has 0 bridgehead atoms. The summed E-state index contributed by atoms with van der Waals surface area (Å²) >= 11 is 7.81. The molecule has 4 rings (SSSR count). The molecule has 124 valence electrons. The van der Waals surface area contributed by atoms with Crippen molar-refractivity contribution < 1.29 is 4.74 Å². The molecule has 1 aliphatic heterocycles. The number of halogens is 1. The number of ether oxygens (including phenoxy) is 1. The quantitative estimate of drug-likeness (QED) is 0.714. The Bertz CT molecular complexity index is 814. The van der Waals surface area contributed by atoms with Crippen LogP contribution in [0.15, 0.2) is 36.4 Å². The lowest BCUT2D eigenvalue weighted by Crippen LogP contribution is -2.35. The molecule has 24 heavy (non-hydrogen) atoms. The van der Waals surface area contributed by atoms with E-state index >= 15 is 0 Å². The Hall–Kier alpha value is -1.73. The van der Waals surface area contributed by atoms with Gasteiger partial charge in [0.1, 0.15) is 11.0 Å². The normalized spacial score (nSPS) is 15.7. The first-order valence-corrected chi connectivity index (χ1v) is 9.05. The average molecular weight is 361 g/mol. The highest BCUT2D eigenvalue weighted by Gasteiger charge is 2.12. The van der Waals surface area contributed by atoms with Gasteiger partial charge in [-0.05, 0) is 29.8 Å². The maximum Gasteiger partial charge on any atom is 0.189 e. The van der Waals surface area contributed by atoms with E-state index in [0.29, 0.717) is 5.15 Å². The Morgan fingerprint density at radius 1 is 1.17 bits per heavy atom. The molecule has 1 fully saturated rings. The molecule has 0 unspecified atom stereocenters. The van der Waals surface area contributed by atoms with Crippen molar-refractivity contribution in [1.29, 1.82) is 0 Å². The number of nitrogens with zero attached hydrogens (tertiary/aromatic N) is 3. The molecule has 0 saturated carbocycles. The number of para-hydroxylation sites is 1. The van der Waals surface area contributed by atoms with Gasteiger partial charge < -0.3 is 10.1 Å². The van der Waals surface area contributed by atoms with Crippen molar-refractivity contribution in [1.82, 2.24) is 14.9 Å². The van der Waals surface area contributed by atoms with E-state index in [1.807, 2.05) is 30.3 Å². The van der Waals surface area contributed by atoms with E-state index in [4.69, 9.17) is 16.3 Å². The summed E-state index contributed by atoms with van der Waals surface area (Å²) in [4.78, 5) is 11.3. The number of rotatable bonds is 4. The van der Waals surface area contributed by atoms with Gasteiger partial charge in [0.15, 0.2) is 5.13 Å². The average Bonchev–Trinajstić information content (AvgIpc) is 2.97. The minimum Gasteiger partial charge on any atom is -0.379 e. The molecule has 1 aromatic carbocycles. The number of nitrogens with one attached hydrogen (secondary N) is 1. The van der Waals surface area contributed by atoms with Gasteiger partial charge in [0.05, 0.1) is 23.4 Å². The summed E-state index contributed by atoms with van der Waals surface area (Å²) in [6.07, 6.45) is 0. The van der Waals surface area contributed by atoms with Crippen LogP contribution in [0, 0.1) is 0 Å². The van der Waals surface area contributed by atoms with Gasteiger partial charge in [-0.3, -0.25) is 4.90 Å². The van der Waals surface area contributed by atoms with E-state index in [1.165, 1.54) is 0 Å². The zero-order valence-electron chi connectivity index (χ0n) is 13.0. The fraction of sp³-hybridized carbons (Fsp3) is 0.294. The third kappa shape index (κ3) is 3.67. The van der Waals surface area contributed by atoms with Gasteiger partial charge in [-0.15, -0.1) is 0 Å². The summed E-state index contributed by atoms with van der Waals surface area (Å²) < 4.78 is 6.54. The van der Waals surface area contributed by atoms with Crippen molar-refractivity contribution in [2.24, 2.45) is 0 Å². The molecule has 3 aromatic rings. The van der Waals surface area contributed by atoms with E-state index in [0.717, 1.165) is 59.6 Å². The second-order valence-corrected chi connectivity index (χ2v) is 7.10. The monoisotopic (exact) mass is 360 g/mol. The van der Waals surface area contributed by atoms with Gasteiger partial charge in [-0.25, -0.2) is 9.97 Å². The largest absolute Gasteiger partial charge is 0.379 e. The summed E-state index contributed by atoms with van der Waals surface area (Å²) in [6.45, 7) is 4.31. The zero-order chi connectivity index (χ0) is 16.4. The number of pyridine rings is 1. The Labute approximate surface area is 149 Å². The topological polar surface area (TPSA) is 50.3 Å². The standard InChI is InChI=1S/C17H17ClN4OS/c18-15-9-12(11-22-5-7-23-8-6-22)10-16(20-15)21-17-19-13-3-1-2-4-14(13)24-17/h1-4,9-10H,5-8,11H2,(H,19,20,21). The van der Waals surface area contributed by atoms with Crippen LogP contribution < -0.4 is 5.32 Å². The van der Waals surface area contributed by atoms with Crippen LogP contribution in [0.25, 0.3) is 10.2 Å². The molecule has 2 aromatic heterocycles. The number of benzene rings is 1. The van der Waals surface area contributed by atoms with Crippen molar-refractivity contribution >= 4 is 44.1 Å². The van der Waals surface area contributed by atoms with Crippen LogP contribution in [0.4, 0.5) is 10.9 Å². The molecule has 3 heterocycles.